The molecule has 0 aliphatic rings. The monoisotopic (exact) mass is 210 g/mol. The quantitative estimate of drug-likeness (QED) is 0.305. The maximum atomic E-state index is 11.0. The number of nitrogens with one attached hydrogen (secondary N) is 1. The van der Waals surface area contributed by atoms with E-state index in [1.165, 1.54) is 6.19 Å². The number of aliphatic hydroxyl groups is 1. The second-order valence-electron chi connectivity index (χ2n) is 3.42. The standard InChI is InChI=1S/C11H18N2O2/c1-3-5-6-9(4-2)10(14)7-11(15)13-8-12/h7,9,14H,3-6H2,1-2H3,(H,13,15). The minimum atomic E-state index is -0.565. The van der Waals surface area contributed by atoms with Crippen molar-refractivity contribution < 1.29 is 9.90 Å². The molecule has 0 aromatic heterocycles. The molecule has 0 aromatic rings. The summed E-state index contributed by atoms with van der Waals surface area (Å²) in [4.78, 5) is 11.0. The summed E-state index contributed by atoms with van der Waals surface area (Å²) in [7, 11) is 0. The number of nitrogens with zero attached hydrogens (tertiary/aromatic N) is 1. The molecule has 0 spiro atoms. The Balaban J connectivity index is 4.30. The summed E-state index contributed by atoms with van der Waals surface area (Å²) in [6.07, 6.45) is 6.36. The summed E-state index contributed by atoms with van der Waals surface area (Å²) in [6.45, 7) is 4.04. The van der Waals surface area contributed by atoms with E-state index in [4.69, 9.17) is 5.26 Å². The third-order valence-corrected chi connectivity index (χ3v) is 2.28. The van der Waals surface area contributed by atoms with E-state index in [9.17, 15) is 9.90 Å². The molecule has 0 bridgehead atoms. The zero-order chi connectivity index (χ0) is 11.7. The maximum absolute atomic E-state index is 11.0. The van der Waals surface area contributed by atoms with Gasteiger partial charge in [-0.1, -0.05) is 26.7 Å². The van der Waals surface area contributed by atoms with Crippen LogP contribution in [-0.2, 0) is 4.79 Å². The zero-order valence-electron chi connectivity index (χ0n) is 9.29. The lowest BCUT2D eigenvalue weighted by Gasteiger charge is -2.12. The number of rotatable bonds is 6. The van der Waals surface area contributed by atoms with E-state index >= 15 is 0 Å². The van der Waals surface area contributed by atoms with Crippen molar-refractivity contribution in [2.24, 2.45) is 5.92 Å². The molecule has 0 aliphatic carbocycles. The first-order valence-corrected chi connectivity index (χ1v) is 5.25. The molecule has 1 unspecified atom stereocenters. The zero-order valence-corrected chi connectivity index (χ0v) is 9.29. The van der Waals surface area contributed by atoms with Gasteiger partial charge in [0.1, 0.15) is 5.76 Å². The van der Waals surface area contributed by atoms with Gasteiger partial charge in [0.25, 0.3) is 5.91 Å². The number of hydrogen-bond acceptors (Lipinski definition) is 3. The van der Waals surface area contributed by atoms with Gasteiger partial charge in [0.05, 0.1) is 0 Å². The molecule has 0 rings (SSSR count). The van der Waals surface area contributed by atoms with Crippen LogP contribution in [0.5, 0.6) is 0 Å². The molecule has 0 aromatic carbocycles. The largest absolute Gasteiger partial charge is 0.512 e. The van der Waals surface area contributed by atoms with E-state index in [2.05, 4.69) is 6.92 Å². The van der Waals surface area contributed by atoms with E-state index in [1.54, 1.807) is 0 Å². The van der Waals surface area contributed by atoms with Crippen LogP contribution in [0.4, 0.5) is 0 Å². The number of unbranched alkanes of at least 4 members (excludes halogenated alkanes) is 1. The van der Waals surface area contributed by atoms with Crippen LogP contribution in [0.25, 0.3) is 0 Å². The summed E-state index contributed by atoms with van der Waals surface area (Å²) < 4.78 is 0. The highest BCUT2D eigenvalue weighted by molar-refractivity contribution is 5.88. The van der Waals surface area contributed by atoms with E-state index in [1.807, 2.05) is 12.2 Å². The molecule has 0 fully saturated rings. The van der Waals surface area contributed by atoms with Crippen LogP contribution in [0.1, 0.15) is 39.5 Å². The molecular weight excluding hydrogens is 192 g/mol. The number of aliphatic hydroxyl groups excluding tert-OH is 1. The number of hydrogen-bond donors (Lipinski definition) is 2. The highest BCUT2D eigenvalue weighted by Crippen LogP contribution is 2.19. The summed E-state index contributed by atoms with van der Waals surface area (Å²) in [5, 5.41) is 19.8. The number of carbonyl (C=O) groups is 1. The van der Waals surface area contributed by atoms with Gasteiger partial charge in [0.2, 0.25) is 0 Å². The van der Waals surface area contributed by atoms with Crippen molar-refractivity contribution in [3.63, 3.8) is 0 Å². The van der Waals surface area contributed by atoms with Crippen molar-refractivity contribution in [1.29, 1.82) is 5.26 Å². The number of carbonyl (C=O) groups excluding carboxylic acids is 1. The van der Waals surface area contributed by atoms with Gasteiger partial charge in [-0.2, -0.15) is 5.26 Å². The van der Waals surface area contributed by atoms with Gasteiger partial charge in [-0.25, -0.2) is 0 Å². The molecule has 4 heteroatoms. The second kappa shape index (κ2) is 7.86. The Morgan fingerprint density at radius 2 is 2.27 bits per heavy atom. The molecular formula is C11H18N2O2. The molecule has 0 saturated carbocycles. The van der Waals surface area contributed by atoms with Crippen LogP contribution < -0.4 is 5.32 Å². The van der Waals surface area contributed by atoms with Crippen molar-refractivity contribution in [3.8, 4) is 6.19 Å². The van der Waals surface area contributed by atoms with E-state index in [0.29, 0.717) is 0 Å². The third kappa shape index (κ3) is 5.74. The van der Waals surface area contributed by atoms with Gasteiger partial charge < -0.3 is 5.11 Å². The molecule has 2 N–H and O–H groups in total. The van der Waals surface area contributed by atoms with Crippen LogP contribution in [0, 0.1) is 17.4 Å². The first-order valence-electron chi connectivity index (χ1n) is 5.25. The fourth-order valence-corrected chi connectivity index (χ4v) is 1.36. The summed E-state index contributed by atoms with van der Waals surface area (Å²) in [6, 6.07) is 0. The number of nitriles is 1. The van der Waals surface area contributed by atoms with Gasteiger partial charge >= 0.3 is 0 Å². The van der Waals surface area contributed by atoms with Crippen LogP contribution >= 0.6 is 0 Å². The predicted octanol–water partition coefficient (Wildman–Crippen LogP) is 2.24. The topological polar surface area (TPSA) is 73.1 Å². The van der Waals surface area contributed by atoms with Crippen molar-refractivity contribution in [3.05, 3.63) is 11.8 Å². The fraction of sp³-hybridized carbons (Fsp3) is 0.636. The molecule has 0 aliphatic heterocycles. The summed E-state index contributed by atoms with van der Waals surface area (Å²) in [5.41, 5.74) is 0. The average Bonchev–Trinajstić information content (AvgIpc) is 2.19. The van der Waals surface area contributed by atoms with Crippen LogP contribution in [0.15, 0.2) is 11.8 Å². The Morgan fingerprint density at radius 3 is 2.73 bits per heavy atom. The smallest absolute Gasteiger partial charge is 0.260 e. The first-order chi connectivity index (χ1) is 7.15. The van der Waals surface area contributed by atoms with Crippen molar-refractivity contribution in [2.45, 2.75) is 39.5 Å². The Bertz CT molecular complexity index is 266. The molecule has 1 amide bonds. The summed E-state index contributed by atoms with van der Waals surface area (Å²) >= 11 is 0. The molecule has 0 saturated heterocycles. The third-order valence-electron chi connectivity index (χ3n) is 2.28. The molecule has 0 heterocycles. The molecule has 15 heavy (non-hydrogen) atoms. The van der Waals surface area contributed by atoms with E-state index < -0.39 is 5.91 Å². The van der Waals surface area contributed by atoms with E-state index in [-0.39, 0.29) is 11.7 Å². The van der Waals surface area contributed by atoms with Gasteiger partial charge in [-0.15, -0.1) is 0 Å². The van der Waals surface area contributed by atoms with Crippen LogP contribution in [0.3, 0.4) is 0 Å². The highest BCUT2D eigenvalue weighted by Gasteiger charge is 2.12. The number of amides is 1. The normalized spacial score (nSPS) is 13.0. The SMILES string of the molecule is CCCCC(CC)C(O)=CC(=O)NC#N. The lowest BCUT2D eigenvalue weighted by Crippen LogP contribution is -2.16. The van der Waals surface area contributed by atoms with Crippen molar-refractivity contribution in [1.82, 2.24) is 5.32 Å². The number of allylic oxidation sites excluding steroid dienone is 1. The Labute approximate surface area is 90.6 Å². The molecule has 84 valence electrons. The average molecular weight is 210 g/mol. The van der Waals surface area contributed by atoms with Gasteiger partial charge in [0, 0.05) is 12.0 Å². The lowest BCUT2D eigenvalue weighted by molar-refractivity contribution is -0.115. The summed E-state index contributed by atoms with van der Waals surface area (Å²) in [5.74, 6) is -0.474. The van der Waals surface area contributed by atoms with Crippen LogP contribution in [-0.4, -0.2) is 11.0 Å². The maximum Gasteiger partial charge on any atom is 0.260 e. The molecule has 1 atom stereocenters. The van der Waals surface area contributed by atoms with E-state index in [0.717, 1.165) is 31.8 Å². The Morgan fingerprint density at radius 1 is 1.60 bits per heavy atom. The minimum Gasteiger partial charge on any atom is -0.512 e. The van der Waals surface area contributed by atoms with Crippen molar-refractivity contribution in [2.75, 3.05) is 0 Å². The lowest BCUT2D eigenvalue weighted by atomic mass is 9.97. The fourth-order valence-electron chi connectivity index (χ4n) is 1.36. The first kappa shape index (κ1) is 13.5. The van der Waals surface area contributed by atoms with Gasteiger partial charge in [-0.3, -0.25) is 10.1 Å². The molecule has 0 radical (unpaired) electrons. The Kier molecular flexibility index (Phi) is 7.08. The van der Waals surface area contributed by atoms with Gasteiger partial charge in [0.15, 0.2) is 6.19 Å². The van der Waals surface area contributed by atoms with Gasteiger partial charge in [-0.05, 0) is 12.8 Å². The Hall–Kier alpha value is -1.50. The van der Waals surface area contributed by atoms with Crippen molar-refractivity contribution >= 4 is 5.91 Å². The second-order valence-corrected chi connectivity index (χ2v) is 3.42. The minimum absolute atomic E-state index is 0.0226. The van der Waals surface area contributed by atoms with Crippen LogP contribution in [0.2, 0.25) is 0 Å². The predicted molar refractivity (Wildman–Crippen MR) is 57.8 cm³/mol. The highest BCUT2D eigenvalue weighted by atomic mass is 16.3. The molecule has 4 nitrogen and oxygen atoms in total.